The molecule has 0 saturated carbocycles. The molecule has 0 aliphatic carbocycles. The van der Waals surface area contributed by atoms with E-state index in [1.807, 2.05) is 6.92 Å². The Morgan fingerprint density at radius 1 is 1.64 bits per heavy atom. The van der Waals surface area contributed by atoms with Crippen LogP contribution in [0.3, 0.4) is 0 Å². The van der Waals surface area contributed by atoms with Crippen LogP contribution in [0.5, 0.6) is 0 Å². The van der Waals surface area contributed by atoms with Crippen LogP contribution in [0.2, 0.25) is 0 Å². The van der Waals surface area contributed by atoms with Gasteiger partial charge in [-0.05, 0) is 6.92 Å². The summed E-state index contributed by atoms with van der Waals surface area (Å²) in [6, 6.07) is 0.0118. The van der Waals surface area contributed by atoms with Gasteiger partial charge in [-0.1, -0.05) is 5.16 Å². The minimum absolute atomic E-state index is 0.0118. The number of nitrogens with one attached hydrogen (secondary N) is 1. The second-order valence-corrected chi connectivity index (χ2v) is 3.05. The highest BCUT2D eigenvalue weighted by atomic mass is 16.5. The van der Waals surface area contributed by atoms with Gasteiger partial charge < -0.3 is 10.3 Å². The summed E-state index contributed by atoms with van der Waals surface area (Å²) in [5, 5.41) is 13.7. The predicted molar refractivity (Wildman–Crippen MR) is 47.0 cm³/mol. The first kappa shape index (κ1) is 8.82. The lowest BCUT2D eigenvalue weighted by Crippen LogP contribution is -2.18. The van der Waals surface area contributed by atoms with Crippen molar-refractivity contribution in [2.75, 3.05) is 0 Å². The van der Waals surface area contributed by atoms with E-state index in [2.05, 4.69) is 25.6 Å². The number of nitrogens with two attached hydrogens (primary N) is 1. The number of hydrogen-bond donors (Lipinski definition) is 2. The van der Waals surface area contributed by atoms with Gasteiger partial charge in [0.25, 0.3) is 5.89 Å². The second kappa shape index (κ2) is 3.54. The molecule has 2 heterocycles. The van der Waals surface area contributed by atoms with Crippen molar-refractivity contribution in [3.05, 3.63) is 12.0 Å². The van der Waals surface area contributed by atoms with Gasteiger partial charge in [0.15, 0.2) is 11.5 Å². The van der Waals surface area contributed by atoms with Gasteiger partial charge in [-0.15, -0.1) is 0 Å². The molecule has 0 spiro atoms. The minimum atomic E-state index is 0.0118. The number of rotatable bonds is 3. The van der Waals surface area contributed by atoms with E-state index in [0.29, 0.717) is 23.8 Å². The van der Waals surface area contributed by atoms with Crippen LogP contribution in [0.1, 0.15) is 12.7 Å². The standard InChI is InChI=1S/C7H10N6O/c1-4(8)2-6-10-7(14-12-6)5-3-9-13-11-5/h3-4H,2,8H2,1H3,(H,9,11,13). The lowest BCUT2D eigenvalue weighted by atomic mass is 10.2. The van der Waals surface area contributed by atoms with E-state index in [1.54, 1.807) is 0 Å². The Bertz CT molecular complexity index is 392. The van der Waals surface area contributed by atoms with E-state index in [1.165, 1.54) is 6.20 Å². The molecule has 1 atom stereocenters. The highest BCUT2D eigenvalue weighted by Gasteiger charge is 2.11. The highest BCUT2D eigenvalue weighted by Crippen LogP contribution is 2.12. The van der Waals surface area contributed by atoms with E-state index in [-0.39, 0.29) is 6.04 Å². The number of H-pyrrole nitrogens is 1. The summed E-state index contributed by atoms with van der Waals surface area (Å²) in [7, 11) is 0. The molecule has 0 aliphatic rings. The number of nitrogens with zero attached hydrogens (tertiary/aromatic N) is 4. The second-order valence-electron chi connectivity index (χ2n) is 3.05. The Hall–Kier alpha value is -1.76. The molecule has 3 N–H and O–H groups in total. The molecule has 7 heteroatoms. The van der Waals surface area contributed by atoms with Crippen molar-refractivity contribution in [3.8, 4) is 11.6 Å². The molecule has 0 amide bonds. The van der Waals surface area contributed by atoms with Gasteiger partial charge in [0.05, 0.1) is 6.20 Å². The molecule has 0 aromatic carbocycles. The van der Waals surface area contributed by atoms with Crippen LogP contribution >= 0.6 is 0 Å². The largest absolute Gasteiger partial charge is 0.332 e. The van der Waals surface area contributed by atoms with Gasteiger partial charge in [-0.3, -0.25) is 0 Å². The number of aromatic amines is 1. The third kappa shape index (κ3) is 1.77. The zero-order chi connectivity index (χ0) is 9.97. The van der Waals surface area contributed by atoms with Crippen LogP contribution in [0.25, 0.3) is 11.6 Å². The summed E-state index contributed by atoms with van der Waals surface area (Å²) in [6.07, 6.45) is 2.10. The van der Waals surface area contributed by atoms with E-state index < -0.39 is 0 Å². The lowest BCUT2D eigenvalue weighted by Gasteiger charge is -1.96. The Morgan fingerprint density at radius 2 is 2.50 bits per heavy atom. The summed E-state index contributed by atoms with van der Waals surface area (Å²) in [5.41, 5.74) is 6.13. The van der Waals surface area contributed by atoms with Gasteiger partial charge in [-0.2, -0.15) is 20.4 Å². The molecule has 74 valence electrons. The first-order valence-electron chi connectivity index (χ1n) is 4.20. The number of aromatic nitrogens is 5. The minimum Gasteiger partial charge on any atom is -0.332 e. The Balaban J connectivity index is 2.18. The Labute approximate surface area is 79.7 Å². The van der Waals surface area contributed by atoms with Gasteiger partial charge in [-0.25, -0.2) is 0 Å². The monoisotopic (exact) mass is 194 g/mol. The van der Waals surface area contributed by atoms with E-state index in [4.69, 9.17) is 10.3 Å². The Morgan fingerprint density at radius 3 is 3.14 bits per heavy atom. The first-order valence-corrected chi connectivity index (χ1v) is 4.20. The van der Waals surface area contributed by atoms with Crippen molar-refractivity contribution in [1.82, 2.24) is 25.6 Å². The molecule has 1 unspecified atom stereocenters. The zero-order valence-electron chi connectivity index (χ0n) is 7.64. The highest BCUT2D eigenvalue weighted by molar-refractivity contribution is 5.42. The van der Waals surface area contributed by atoms with Crippen LogP contribution in [0.15, 0.2) is 10.7 Å². The summed E-state index contributed by atoms with van der Waals surface area (Å²) < 4.78 is 4.97. The van der Waals surface area contributed by atoms with Crippen LogP contribution < -0.4 is 5.73 Å². The van der Waals surface area contributed by atoms with Crippen molar-refractivity contribution < 1.29 is 4.52 Å². The zero-order valence-corrected chi connectivity index (χ0v) is 7.64. The van der Waals surface area contributed by atoms with Crippen molar-refractivity contribution in [2.24, 2.45) is 5.73 Å². The first-order chi connectivity index (χ1) is 6.75. The Kier molecular flexibility index (Phi) is 2.23. The summed E-state index contributed by atoms with van der Waals surface area (Å²) in [6.45, 7) is 1.88. The van der Waals surface area contributed by atoms with Gasteiger partial charge in [0.1, 0.15) is 0 Å². The fourth-order valence-electron chi connectivity index (χ4n) is 1.03. The van der Waals surface area contributed by atoms with Gasteiger partial charge in [0.2, 0.25) is 0 Å². The van der Waals surface area contributed by atoms with E-state index in [9.17, 15) is 0 Å². The van der Waals surface area contributed by atoms with E-state index in [0.717, 1.165) is 0 Å². The third-order valence-electron chi connectivity index (χ3n) is 1.61. The predicted octanol–water partition coefficient (Wildman–Crippen LogP) is -0.256. The molecule has 0 radical (unpaired) electrons. The summed E-state index contributed by atoms with van der Waals surface area (Å²) in [4.78, 5) is 4.11. The van der Waals surface area contributed by atoms with Gasteiger partial charge >= 0.3 is 0 Å². The topological polar surface area (TPSA) is 107 Å². The molecule has 7 nitrogen and oxygen atoms in total. The van der Waals surface area contributed by atoms with Crippen LogP contribution in [0.4, 0.5) is 0 Å². The van der Waals surface area contributed by atoms with E-state index >= 15 is 0 Å². The normalized spacial score (nSPS) is 13.0. The van der Waals surface area contributed by atoms with Gasteiger partial charge in [0, 0.05) is 12.5 Å². The smallest absolute Gasteiger partial charge is 0.280 e. The molecule has 2 aromatic heterocycles. The fourth-order valence-corrected chi connectivity index (χ4v) is 1.03. The molecule has 2 rings (SSSR count). The van der Waals surface area contributed by atoms with Crippen molar-refractivity contribution in [3.63, 3.8) is 0 Å². The molecule has 0 bridgehead atoms. The SMILES string of the molecule is CC(N)Cc1noc(-c2cn[nH]n2)n1. The third-order valence-corrected chi connectivity index (χ3v) is 1.61. The maximum absolute atomic E-state index is 5.60. The molecule has 0 fully saturated rings. The molecular formula is C7H10N6O. The van der Waals surface area contributed by atoms with Crippen molar-refractivity contribution >= 4 is 0 Å². The average molecular weight is 194 g/mol. The van der Waals surface area contributed by atoms with Crippen molar-refractivity contribution in [1.29, 1.82) is 0 Å². The quantitative estimate of drug-likeness (QED) is 0.697. The maximum atomic E-state index is 5.60. The molecule has 0 saturated heterocycles. The van der Waals surface area contributed by atoms with Crippen LogP contribution in [-0.4, -0.2) is 31.6 Å². The van der Waals surface area contributed by atoms with Crippen LogP contribution in [-0.2, 0) is 6.42 Å². The molecule has 2 aromatic rings. The number of hydrogen-bond acceptors (Lipinski definition) is 6. The molecule has 14 heavy (non-hydrogen) atoms. The lowest BCUT2D eigenvalue weighted by molar-refractivity contribution is 0.419. The fraction of sp³-hybridized carbons (Fsp3) is 0.429. The summed E-state index contributed by atoms with van der Waals surface area (Å²) in [5.74, 6) is 0.937. The molecule has 0 aliphatic heterocycles. The summed E-state index contributed by atoms with van der Waals surface area (Å²) >= 11 is 0. The van der Waals surface area contributed by atoms with Crippen molar-refractivity contribution in [2.45, 2.75) is 19.4 Å². The van der Waals surface area contributed by atoms with Crippen LogP contribution in [0, 0.1) is 0 Å². The molecular weight excluding hydrogens is 184 g/mol. The maximum Gasteiger partial charge on any atom is 0.280 e. The average Bonchev–Trinajstić information content (AvgIpc) is 2.69.